The van der Waals surface area contributed by atoms with Crippen molar-refractivity contribution in [3.63, 3.8) is 0 Å². The lowest BCUT2D eigenvalue weighted by atomic mass is 9.96. The summed E-state index contributed by atoms with van der Waals surface area (Å²) in [5.41, 5.74) is 7.85. The molecule has 1 aliphatic rings. The Morgan fingerprint density at radius 3 is 2.39 bits per heavy atom. The molecular formula is C18H19N3O2. The maximum Gasteiger partial charge on any atom is 0.255 e. The molecule has 118 valence electrons. The van der Waals surface area contributed by atoms with Crippen LogP contribution in [-0.2, 0) is 4.79 Å². The highest BCUT2D eigenvalue weighted by Crippen LogP contribution is 2.22. The number of rotatable bonds is 3. The van der Waals surface area contributed by atoms with E-state index in [4.69, 9.17) is 5.73 Å². The van der Waals surface area contributed by atoms with Gasteiger partial charge in [-0.15, -0.1) is 0 Å². The number of piperidine rings is 1. The first-order valence-electron chi connectivity index (χ1n) is 7.74. The fourth-order valence-electron chi connectivity index (χ4n) is 2.90. The summed E-state index contributed by atoms with van der Waals surface area (Å²) in [5.74, 6) is -0.434. The van der Waals surface area contributed by atoms with E-state index in [1.54, 1.807) is 17.3 Å². The Morgan fingerprint density at radius 2 is 1.74 bits per heavy atom. The van der Waals surface area contributed by atoms with Crippen molar-refractivity contribution in [2.24, 2.45) is 11.7 Å². The molecule has 1 aromatic heterocycles. The Bertz CT molecular complexity index is 707. The van der Waals surface area contributed by atoms with E-state index in [0.29, 0.717) is 31.5 Å². The van der Waals surface area contributed by atoms with E-state index in [1.165, 1.54) is 0 Å². The van der Waals surface area contributed by atoms with Gasteiger partial charge in [-0.2, -0.15) is 0 Å². The van der Waals surface area contributed by atoms with Crippen molar-refractivity contribution in [1.29, 1.82) is 0 Å². The number of nitrogens with two attached hydrogens (primary N) is 1. The molecule has 1 aromatic carbocycles. The molecule has 0 radical (unpaired) electrons. The van der Waals surface area contributed by atoms with E-state index < -0.39 is 0 Å². The summed E-state index contributed by atoms with van der Waals surface area (Å²) in [6.45, 7) is 1.12. The molecule has 0 atom stereocenters. The van der Waals surface area contributed by atoms with Crippen LogP contribution < -0.4 is 5.73 Å². The van der Waals surface area contributed by atoms with Crippen molar-refractivity contribution in [3.05, 3.63) is 54.4 Å². The quantitative estimate of drug-likeness (QED) is 0.943. The normalized spacial score (nSPS) is 15.4. The molecule has 23 heavy (non-hydrogen) atoms. The standard InChI is InChI=1S/C18H19N3O2/c19-17(22)14-6-8-21(9-7-14)18(23)16-10-15(11-20-12-16)13-4-2-1-3-5-13/h1-5,10-12,14H,6-9H2,(H2,19,22). The third kappa shape index (κ3) is 3.39. The van der Waals surface area contributed by atoms with Crippen LogP contribution in [0.1, 0.15) is 23.2 Å². The summed E-state index contributed by atoms with van der Waals surface area (Å²) >= 11 is 0. The lowest BCUT2D eigenvalue weighted by Crippen LogP contribution is -2.41. The lowest BCUT2D eigenvalue weighted by molar-refractivity contribution is -0.123. The first kappa shape index (κ1) is 15.2. The number of carbonyl (C=O) groups excluding carboxylic acids is 2. The fraction of sp³-hybridized carbons (Fsp3) is 0.278. The van der Waals surface area contributed by atoms with Crippen LogP contribution >= 0.6 is 0 Å². The highest BCUT2D eigenvalue weighted by molar-refractivity contribution is 5.95. The Labute approximate surface area is 135 Å². The minimum Gasteiger partial charge on any atom is -0.369 e. The van der Waals surface area contributed by atoms with Gasteiger partial charge in [0.1, 0.15) is 0 Å². The van der Waals surface area contributed by atoms with Crippen molar-refractivity contribution in [1.82, 2.24) is 9.88 Å². The van der Waals surface area contributed by atoms with Gasteiger partial charge in [-0.05, 0) is 24.5 Å². The van der Waals surface area contributed by atoms with E-state index in [-0.39, 0.29) is 17.7 Å². The number of likely N-dealkylation sites (tertiary alicyclic amines) is 1. The summed E-state index contributed by atoms with van der Waals surface area (Å²) < 4.78 is 0. The molecule has 2 amide bonds. The Morgan fingerprint density at radius 1 is 1.04 bits per heavy atom. The number of pyridine rings is 1. The number of amides is 2. The summed E-state index contributed by atoms with van der Waals surface area (Å²) in [6.07, 6.45) is 4.61. The first-order valence-corrected chi connectivity index (χ1v) is 7.74. The van der Waals surface area contributed by atoms with Crippen LogP contribution in [0.4, 0.5) is 0 Å². The second-order valence-electron chi connectivity index (χ2n) is 5.80. The van der Waals surface area contributed by atoms with Crippen LogP contribution in [-0.4, -0.2) is 34.8 Å². The molecule has 2 heterocycles. The average molecular weight is 309 g/mol. The van der Waals surface area contributed by atoms with E-state index in [0.717, 1.165) is 11.1 Å². The van der Waals surface area contributed by atoms with Crippen LogP contribution in [0, 0.1) is 5.92 Å². The molecule has 5 heteroatoms. The number of hydrogen-bond acceptors (Lipinski definition) is 3. The van der Waals surface area contributed by atoms with E-state index in [1.807, 2.05) is 36.4 Å². The summed E-state index contributed by atoms with van der Waals surface area (Å²) in [6, 6.07) is 11.7. The predicted molar refractivity (Wildman–Crippen MR) is 87.5 cm³/mol. The smallest absolute Gasteiger partial charge is 0.255 e. The Kier molecular flexibility index (Phi) is 4.37. The number of benzene rings is 1. The topological polar surface area (TPSA) is 76.3 Å². The number of nitrogens with zero attached hydrogens (tertiary/aromatic N) is 2. The number of aromatic nitrogens is 1. The van der Waals surface area contributed by atoms with Crippen molar-refractivity contribution in [3.8, 4) is 11.1 Å². The van der Waals surface area contributed by atoms with Crippen molar-refractivity contribution < 1.29 is 9.59 Å². The molecule has 3 rings (SSSR count). The van der Waals surface area contributed by atoms with Crippen LogP contribution in [0.5, 0.6) is 0 Å². The molecule has 0 spiro atoms. The zero-order valence-corrected chi connectivity index (χ0v) is 12.8. The van der Waals surface area contributed by atoms with Gasteiger partial charge >= 0.3 is 0 Å². The minimum atomic E-state index is -0.273. The maximum atomic E-state index is 12.6. The largest absolute Gasteiger partial charge is 0.369 e. The van der Waals surface area contributed by atoms with Crippen LogP contribution in [0.25, 0.3) is 11.1 Å². The molecule has 1 aliphatic heterocycles. The van der Waals surface area contributed by atoms with Gasteiger partial charge in [0.25, 0.3) is 5.91 Å². The van der Waals surface area contributed by atoms with Gasteiger partial charge in [0.05, 0.1) is 5.56 Å². The molecule has 2 aromatic rings. The van der Waals surface area contributed by atoms with E-state index in [2.05, 4.69) is 4.98 Å². The second-order valence-corrected chi connectivity index (χ2v) is 5.80. The number of primary amides is 1. The van der Waals surface area contributed by atoms with Crippen molar-refractivity contribution in [2.45, 2.75) is 12.8 Å². The van der Waals surface area contributed by atoms with Crippen LogP contribution in [0.3, 0.4) is 0 Å². The van der Waals surface area contributed by atoms with Gasteiger partial charge in [0.2, 0.25) is 5.91 Å². The van der Waals surface area contributed by atoms with Crippen LogP contribution in [0.15, 0.2) is 48.8 Å². The Hall–Kier alpha value is -2.69. The molecule has 1 fully saturated rings. The van der Waals surface area contributed by atoms with Gasteiger partial charge in [-0.1, -0.05) is 30.3 Å². The van der Waals surface area contributed by atoms with Gasteiger partial charge in [-0.3, -0.25) is 14.6 Å². The molecule has 2 N–H and O–H groups in total. The van der Waals surface area contributed by atoms with E-state index >= 15 is 0 Å². The van der Waals surface area contributed by atoms with Crippen molar-refractivity contribution >= 4 is 11.8 Å². The summed E-state index contributed by atoms with van der Waals surface area (Å²) in [5, 5.41) is 0. The monoisotopic (exact) mass is 309 g/mol. The SMILES string of the molecule is NC(=O)C1CCN(C(=O)c2cncc(-c3ccccc3)c2)CC1. The molecule has 0 aliphatic carbocycles. The predicted octanol–water partition coefficient (Wildman–Crippen LogP) is 2.09. The molecule has 0 unspecified atom stereocenters. The van der Waals surface area contributed by atoms with Gasteiger partial charge < -0.3 is 10.6 Å². The van der Waals surface area contributed by atoms with Gasteiger partial charge in [0, 0.05) is 37.0 Å². The molecular weight excluding hydrogens is 290 g/mol. The van der Waals surface area contributed by atoms with E-state index in [9.17, 15) is 9.59 Å². The fourth-order valence-corrected chi connectivity index (χ4v) is 2.90. The molecule has 1 saturated heterocycles. The Balaban J connectivity index is 1.75. The zero-order chi connectivity index (χ0) is 16.2. The summed E-state index contributed by atoms with van der Waals surface area (Å²) in [7, 11) is 0. The molecule has 0 bridgehead atoms. The molecule has 0 saturated carbocycles. The number of carbonyl (C=O) groups is 2. The number of hydrogen-bond donors (Lipinski definition) is 1. The second kappa shape index (κ2) is 6.60. The highest BCUT2D eigenvalue weighted by atomic mass is 16.2. The highest BCUT2D eigenvalue weighted by Gasteiger charge is 2.26. The van der Waals surface area contributed by atoms with Crippen LogP contribution in [0.2, 0.25) is 0 Å². The maximum absolute atomic E-state index is 12.6. The minimum absolute atomic E-state index is 0.0433. The lowest BCUT2D eigenvalue weighted by Gasteiger charge is -2.30. The van der Waals surface area contributed by atoms with Crippen molar-refractivity contribution in [2.75, 3.05) is 13.1 Å². The third-order valence-electron chi connectivity index (χ3n) is 4.28. The summed E-state index contributed by atoms with van der Waals surface area (Å²) in [4.78, 5) is 29.8. The molecule has 5 nitrogen and oxygen atoms in total. The zero-order valence-electron chi connectivity index (χ0n) is 12.8. The first-order chi connectivity index (χ1) is 11.1. The average Bonchev–Trinajstić information content (AvgIpc) is 2.62. The van der Waals surface area contributed by atoms with Gasteiger partial charge in [-0.25, -0.2) is 0 Å². The third-order valence-corrected chi connectivity index (χ3v) is 4.28. The van der Waals surface area contributed by atoms with Gasteiger partial charge in [0.15, 0.2) is 0 Å².